The van der Waals surface area contributed by atoms with Crippen LogP contribution < -0.4 is 4.90 Å². The second-order valence-electron chi connectivity index (χ2n) is 4.95. The fourth-order valence-electron chi connectivity index (χ4n) is 2.50. The monoisotopic (exact) mass is 298 g/mol. The average molecular weight is 298 g/mol. The molecule has 5 nitrogen and oxygen atoms in total. The summed E-state index contributed by atoms with van der Waals surface area (Å²) in [6.07, 6.45) is -1.71. The van der Waals surface area contributed by atoms with Crippen molar-refractivity contribution in [1.29, 1.82) is 0 Å². The number of alkyl halides is 3. The largest absolute Gasteiger partial charge is 0.433 e. The molecule has 3 heterocycles. The third-order valence-electron chi connectivity index (χ3n) is 3.43. The fourth-order valence-corrected chi connectivity index (χ4v) is 2.50. The van der Waals surface area contributed by atoms with Gasteiger partial charge in [-0.15, -0.1) is 0 Å². The minimum Gasteiger partial charge on any atom is -0.361 e. The van der Waals surface area contributed by atoms with Crippen molar-refractivity contribution in [2.45, 2.75) is 32.0 Å². The summed E-state index contributed by atoms with van der Waals surface area (Å²) in [5, 5.41) is 3.95. The Morgan fingerprint density at radius 3 is 2.86 bits per heavy atom. The lowest BCUT2D eigenvalue weighted by molar-refractivity contribution is -0.141. The van der Waals surface area contributed by atoms with Crippen LogP contribution in [0, 0.1) is 6.92 Å². The maximum Gasteiger partial charge on any atom is 0.433 e. The molecule has 0 aromatic carbocycles. The van der Waals surface area contributed by atoms with Gasteiger partial charge in [0.15, 0.2) is 0 Å². The quantitative estimate of drug-likeness (QED) is 0.852. The zero-order valence-corrected chi connectivity index (χ0v) is 11.3. The van der Waals surface area contributed by atoms with Crippen LogP contribution in [0.25, 0.3) is 0 Å². The highest BCUT2D eigenvalue weighted by Gasteiger charge is 2.35. The lowest BCUT2D eigenvalue weighted by Crippen LogP contribution is -2.26. The molecule has 0 radical (unpaired) electrons. The van der Waals surface area contributed by atoms with E-state index in [0.717, 1.165) is 25.1 Å². The summed E-state index contributed by atoms with van der Waals surface area (Å²) in [7, 11) is 0. The summed E-state index contributed by atoms with van der Waals surface area (Å²) in [5.74, 6) is 0.745. The SMILES string of the molecule is Cc1cc(C2CCCN2c2nccc(C(F)(F)F)n2)no1. The molecule has 21 heavy (non-hydrogen) atoms. The summed E-state index contributed by atoms with van der Waals surface area (Å²) < 4.78 is 43.3. The molecule has 1 fully saturated rings. The number of anilines is 1. The van der Waals surface area contributed by atoms with E-state index in [9.17, 15) is 13.2 Å². The van der Waals surface area contributed by atoms with E-state index in [-0.39, 0.29) is 12.0 Å². The van der Waals surface area contributed by atoms with E-state index in [2.05, 4.69) is 15.1 Å². The average Bonchev–Trinajstić information content (AvgIpc) is 3.06. The van der Waals surface area contributed by atoms with Crippen molar-refractivity contribution in [2.75, 3.05) is 11.4 Å². The lowest BCUT2D eigenvalue weighted by Gasteiger charge is -2.23. The standard InChI is InChI=1S/C13H13F3N4O/c1-8-7-9(19-21-8)10-3-2-6-20(10)12-17-5-4-11(18-12)13(14,15)16/h4-5,7,10H,2-3,6H2,1H3. The molecule has 0 aliphatic carbocycles. The van der Waals surface area contributed by atoms with Gasteiger partial charge in [0, 0.05) is 18.8 Å². The highest BCUT2D eigenvalue weighted by molar-refractivity contribution is 5.37. The summed E-state index contributed by atoms with van der Waals surface area (Å²) in [6, 6.07) is 2.51. The molecule has 8 heteroatoms. The van der Waals surface area contributed by atoms with E-state index < -0.39 is 11.9 Å². The van der Waals surface area contributed by atoms with E-state index in [1.807, 2.05) is 0 Å². The molecule has 112 valence electrons. The third kappa shape index (κ3) is 2.70. The second-order valence-corrected chi connectivity index (χ2v) is 4.95. The first-order valence-corrected chi connectivity index (χ1v) is 6.55. The van der Waals surface area contributed by atoms with Gasteiger partial charge in [-0.05, 0) is 25.8 Å². The molecular weight excluding hydrogens is 285 g/mol. The number of aryl methyl sites for hydroxylation is 1. The molecular formula is C13H13F3N4O. The van der Waals surface area contributed by atoms with Crippen molar-refractivity contribution in [3.05, 3.63) is 35.5 Å². The van der Waals surface area contributed by atoms with Gasteiger partial charge < -0.3 is 9.42 Å². The minimum absolute atomic E-state index is 0.0768. The normalized spacial score (nSPS) is 19.2. The number of hydrogen-bond donors (Lipinski definition) is 0. The van der Waals surface area contributed by atoms with E-state index in [1.165, 1.54) is 0 Å². The molecule has 0 spiro atoms. The molecule has 0 N–H and O–H groups in total. The van der Waals surface area contributed by atoms with Crippen LogP contribution in [-0.4, -0.2) is 21.7 Å². The third-order valence-corrected chi connectivity index (χ3v) is 3.43. The van der Waals surface area contributed by atoms with E-state index in [4.69, 9.17) is 4.52 Å². The molecule has 1 aliphatic heterocycles. The van der Waals surface area contributed by atoms with Gasteiger partial charge in [0.05, 0.1) is 6.04 Å². The topological polar surface area (TPSA) is 55.1 Å². The number of aromatic nitrogens is 3. The molecule has 3 rings (SSSR count). The summed E-state index contributed by atoms with van der Waals surface area (Å²) in [6.45, 7) is 2.37. The van der Waals surface area contributed by atoms with E-state index >= 15 is 0 Å². The van der Waals surface area contributed by atoms with Gasteiger partial charge in [0.2, 0.25) is 5.95 Å². The van der Waals surface area contributed by atoms with Crippen molar-refractivity contribution >= 4 is 5.95 Å². The number of rotatable bonds is 2. The van der Waals surface area contributed by atoms with Gasteiger partial charge in [-0.3, -0.25) is 0 Å². The predicted octanol–water partition coefficient (Wildman–Crippen LogP) is 3.13. The van der Waals surface area contributed by atoms with Gasteiger partial charge in [-0.2, -0.15) is 13.2 Å². The van der Waals surface area contributed by atoms with E-state index in [0.29, 0.717) is 18.0 Å². The summed E-state index contributed by atoms with van der Waals surface area (Å²) in [5.41, 5.74) is -0.236. The molecule has 2 aromatic rings. The van der Waals surface area contributed by atoms with Crippen LogP contribution in [0.15, 0.2) is 22.9 Å². The van der Waals surface area contributed by atoms with Crippen LogP contribution in [-0.2, 0) is 6.18 Å². The van der Waals surface area contributed by atoms with E-state index in [1.54, 1.807) is 17.9 Å². The molecule has 2 aromatic heterocycles. The molecule has 1 aliphatic rings. The molecule has 1 saturated heterocycles. The highest BCUT2D eigenvalue weighted by Crippen LogP contribution is 2.35. The zero-order chi connectivity index (χ0) is 15.0. The van der Waals surface area contributed by atoms with Crippen molar-refractivity contribution in [2.24, 2.45) is 0 Å². The van der Waals surface area contributed by atoms with Crippen molar-refractivity contribution in [3.63, 3.8) is 0 Å². The first-order chi connectivity index (χ1) is 9.95. The Balaban J connectivity index is 1.92. The van der Waals surface area contributed by atoms with Crippen molar-refractivity contribution in [3.8, 4) is 0 Å². The van der Waals surface area contributed by atoms with Crippen molar-refractivity contribution < 1.29 is 17.7 Å². The lowest BCUT2D eigenvalue weighted by atomic mass is 10.1. The van der Waals surface area contributed by atoms with Gasteiger partial charge >= 0.3 is 6.18 Å². The molecule has 0 amide bonds. The number of nitrogens with zero attached hydrogens (tertiary/aromatic N) is 4. The first-order valence-electron chi connectivity index (χ1n) is 6.55. The maximum atomic E-state index is 12.7. The van der Waals surface area contributed by atoms with Gasteiger partial charge in [0.25, 0.3) is 0 Å². The fraction of sp³-hybridized carbons (Fsp3) is 0.462. The van der Waals surface area contributed by atoms with Crippen LogP contribution in [0.3, 0.4) is 0 Å². The Morgan fingerprint density at radius 2 is 2.19 bits per heavy atom. The second kappa shape index (κ2) is 5.01. The molecule has 1 atom stereocenters. The number of halogens is 3. The Hall–Kier alpha value is -2.12. The van der Waals surface area contributed by atoms with Crippen LogP contribution >= 0.6 is 0 Å². The van der Waals surface area contributed by atoms with Crippen LogP contribution in [0.2, 0.25) is 0 Å². The van der Waals surface area contributed by atoms with Crippen LogP contribution in [0.5, 0.6) is 0 Å². The maximum absolute atomic E-state index is 12.7. The Labute approximate surface area is 118 Å². The predicted molar refractivity (Wildman–Crippen MR) is 67.6 cm³/mol. The first kappa shape index (κ1) is 13.8. The highest BCUT2D eigenvalue weighted by atomic mass is 19.4. The Morgan fingerprint density at radius 1 is 1.38 bits per heavy atom. The van der Waals surface area contributed by atoms with Gasteiger partial charge in [-0.25, -0.2) is 9.97 Å². The van der Waals surface area contributed by atoms with Gasteiger partial charge in [0.1, 0.15) is 17.1 Å². The molecule has 0 saturated carbocycles. The zero-order valence-electron chi connectivity index (χ0n) is 11.3. The van der Waals surface area contributed by atoms with Gasteiger partial charge in [-0.1, -0.05) is 5.16 Å². The molecule has 1 unspecified atom stereocenters. The number of hydrogen-bond acceptors (Lipinski definition) is 5. The van der Waals surface area contributed by atoms with Crippen molar-refractivity contribution in [1.82, 2.24) is 15.1 Å². The summed E-state index contributed by atoms with van der Waals surface area (Å²) >= 11 is 0. The van der Waals surface area contributed by atoms with Crippen LogP contribution in [0.1, 0.15) is 36.0 Å². The molecule has 0 bridgehead atoms. The van der Waals surface area contributed by atoms with Crippen LogP contribution in [0.4, 0.5) is 19.1 Å². The smallest absolute Gasteiger partial charge is 0.361 e. The minimum atomic E-state index is -4.47. The Kier molecular flexibility index (Phi) is 3.30. The summed E-state index contributed by atoms with van der Waals surface area (Å²) in [4.78, 5) is 9.36. The Bertz CT molecular complexity index is 640.